The average Bonchev–Trinajstić information content (AvgIpc) is 3.04. The summed E-state index contributed by atoms with van der Waals surface area (Å²) in [6, 6.07) is 9.87. The molecule has 0 unspecified atom stereocenters. The summed E-state index contributed by atoms with van der Waals surface area (Å²) >= 11 is 0. The maximum absolute atomic E-state index is 11.6. The van der Waals surface area contributed by atoms with Gasteiger partial charge in [-0.25, -0.2) is 4.79 Å². The molecule has 0 saturated carbocycles. The van der Waals surface area contributed by atoms with Crippen molar-refractivity contribution in [1.29, 1.82) is 0 Å². The first kappa shape index (κ1) is 14.6. The van der Waals surface area contributed by atoms with Crippen molar-refractivity contribution in [2.75, 3.05) is 13.7 Å². The van der Waals surface area contributed by atoms with E-state index in [0.717, 1.165) is 0 Å². The van der Waals surface area contributed by atoms with Gasteiger partial charge in [-0.05, 0) is 36.4 Å². The van der Waals surface area contributed by atoms with E-state index < -0.39 is 5.97 Å². The molecule has 0 fully saturated rings. The molecule has 0 atom stereocenters. The predicted molar refractivity (Wildman–Crippen MR) is 73.8 cm³/mol. The Kier molecular flexibility index (Phi) is 4.98. The van der Waals surface area contributed by atoms with Crippen LogP contribution in [-0.4, -0.2) is 25.6 Å². The molecule has 6 heteroatoms. The van der Waals surface area contributed by atoms with Gasteiger partial charge in [-0.3, -0.25) is 4.79 Å². The highest BCUT2D eigenvalue weighted by Gasteiger charge is 2.06. The molecule has 1 N–H and O–H groups in total. The van der Waals surface area contributed by atoms with Gasteiger partial charge in [0.15, 0.2) is 6.61 Å². The van der Waals surface area contributed by atoms with Crippen molar-refractivity contribution in [3.05, 3.63) is 54.0 Å². The Morgan fingerprint density at radius 1 is 1.19 bits per heavy atom. The third-order valence-corrected chi connectivity index (χ3v) is 2.69. The number of amides is 1. The van der Waals surface area contributed by atoms with E-state index in [-0.39, 0.29) is 12.5 Å². The van der Waals surface area contributed by atoms with Crippen LogP contribution >= 0.6 is 0 Å². The van der Waals surface area contributed by atoms with Crippen molar-refractivity contribution in [1.82, 2.24) is 5.32 Å². The van der Waals surface area contributed by atoms with Gasteiger partial charge in [0.1, 0.15) is 11.5 Å². The normalized spacial score (nSPS) is 9.95. The number of rotatable bonds is 6. The fourth-order valence-corrected chi connectivity index (χ4v) is 1.60. The van der Waals surface area contributed by atoms with Crippen LogP contribution in [0.2, 0.25) is 0 Å². The summed E-state index contributed by atoms with van der Waals surface area (Å²) < 4.78 is 15.0. The lowest BCUT2D eigenvalue weighted by molar-refractivity contribution is -0.123. The van der Waals surface area contributed by atoms with E-state index in [0.29, 0.717) is 23.6 Å². The molecular weight excluding hydrogens is 274 g/mol. The van der Waals surface area contributed by atoms with Crippen LogP contribution < -0.4 is 10.1 Å². The molecule has 21 heavy (non-hydrogen) atoms. The van der Waals surface area contributed by atoms with Gasteiger partial charge < -0.3 is 19.2 Å². The van der Waals surface area contributed by atoms with Crippen molar-refractivity contribution in [2.45, 2.75) is 6.54 Å². The smallest absolute Gasteiger partial charge is 0.337 e. The standard InChI is InChI=1S/C15H15NO5/c1-19-15(18)11-4-6-12(7-5-11)21-10-14(17)16-9-13-3-2-8-20-13/h2-8H,9-10H2,1H3,(H,16,17). The summed E-state index contributed by atoms with van der Waals surface area (Å²) in [6.07, 6.45) is 1.54. The molecule has 0 radical (unpaired) electrons. The van der Waals surface area contributed by atoms with Crippen LogP contribution in [-0.2, 0) is 16.1 Å². The minimum atomic E-state index is -0.419. The Labute approximate surface area is 121 Å². The minimum absolute atomic E-state index is 0.113. The molecule has 2 rings (SSSR count). The first-order valence-electron chi connectivity index (χ1n) is 6.29. The second kappa shape index (κ2) is 7.14. The van der Waals surface area contributed by atoms with Gasteiger partial charge in [-0.2, -0.15) is 0 Å². The molecule has 0 saturated heterocycles. The molecule has 0 bridgehead atoms. The summed E-state index contributed by atoms with van der Waals surface area (Å²) in [6.45, 7) is 0.203. The molecular formula is C15H15NO5. The van der Waals surface area contributed by atoms with Gasteiger partial charge in [0.25, 0.3) is 5.91 Å². The van der Waals surface area contributed by atoms with Crippen LogP contribution in [0.5, 0.6) is 5.75 Å². The molecule has 1 heterocycles. The van der Waals surface area contributed by atoms with Gasteiger partial charge in [0.2, 0.25) is 0 Å². The Bertz CT molecular complexity index is 589. The number of methoxy groups -OCH3 is 1. The molecule has 110 valence electrons. The average molecular weight is 289 g/mol. The van der Waals surface area contributed by atoms with Gasteiger partial charge in [0, 0.05) is 0 Å². The van der Waals surface area contributed by atoms with Gasteiger partial charge >= 0.3 is 5.97 Å². The Morgan fingerprint density at radius 2 is 1.95 bits per heavy atom. The van der Waals surface area contributed by atoms with Crippen LogP contribution in [0, 0.1) is 0 Å². The molecule has 0 aliphatic rings. The molecule has 0 spiro atoms. The number of benzene rings is 1. The minimum Gasteiger partial charge on any atom is -0.484 e. The maximum atomic E-state index is 11.6. The largest absolute Gasteiger partial charge is 0.484 e. The number of hydrogen-bond acceptors (Lipinski definition) is 5. The van der Waals surface area contributed by atoms with E-state index in [9.17, 15) is 9.59 Å². The summed E-state index contributed by atoms with van der Waals surface area (Å²) in [7, 11) is 1.32. The van der Waals surface area contributed by atoms with E-state index in [1.807, 2.05) is 0 Å². The first-order chi connectivity index (χ1) is 10.2. The van der Waals surface area contributed by atoms with Crippen molar-refractivity contribution in [2.24, 2.45) is 0 Å². The van der Waals surface area contributed by atoms with E-state index in [1.54, 1.807) is 42.7 Å². The zero-order valence-electron chi connectivity index (χ0n) is 11.5. The fourth-order valence-electron chi connectivity index (χ4n) is 1.60. The molecule has 6 nitrogen and oxygen atoms in total. The third-order valence-electron chi connectivity index (χ3n) is 2.69. The number of carbonyl (C=O) groups excluding carboxylic acids is 2. The summed E-state index contributed by atoms with van der Waals surface area (Å²) in [5, 5.41) is 2.66. The van der Waals surface area contributed by atoms with Gasteiger partial charge in [0.05, 0.1) is 25.5 Å². The molecule has 2 aromatic rings. The van der Waals surface area contributed by atoms with Crippen LogP contribution in [0.15, 0.2) is 47.1 Å². The lowest BCUT2D eigenvalue weighted by Gasteiger charge is -2.07. The summed E-state index contributed by atoms with van der Waals surface area (Å²) in [5.74, 6) is 0.489. The molecule has 0 aliphatic heterocycles. The summed E-state index contributed by atoms with van der Waals surface area (Å²) in [5.41, 5.74) is 0.423. The van der Waals surface area contributed by atoms with Crippen molar-refractivity contribution < 1.29 is 23.5 Å². The zero-order valence-corrected chi connectivity index (χ0v) is 11.5. The number of ether oxygens (including phenoxy) is 2. The van der Waals surface area contributed by atoms with E-state index >= 15 is 0 Å². The third kappa shape index (κ3) is 4.38. The number of nitrogens with one attached hydrogen (secondary N) is 1. The van der Waals surface area contributed by atoms with Crippen LogP contribution in [0.4, 0.5) is 0 Å². The number of esters is 1. The number of carbonyl (C=O) groups is 2. The highest BCUT2D eigenvalue weighted by Crippen LogP contribution is 2.12. The van der Waals surface area contributed by atoms with Gasteiger partial charge in [-0.1, -0.05) is 0 Å². The molecule has 1 aromatic carbocycles. The maximum Gasteiger partial charge on any atom is 0.337 e. The van der Waals surface area contributed by atoms with Crippen molar-refractivity contribution in [3.63, 3.8) is 0 Å². The zero-order chi connectivity index (χ0) is 15.1. The second-order valence-corrected chi connectivity index (χ2v) is 4.16. The van der Waals surface area contributed by atoms with E-state index in [2.05, 4.69) is 10.1 Å². The molecule has 0 aliphatic carbocycles. The molecule has 1 amide bonds. The highest BCUT2D eigenvalue weighted by atomic mass is 16.5. The quantitative estimate of drug-likeness (QED) is 0.820. The Hall–Kier alpha value is -2.76. The van der Waals surface area contributed by atoms with Crippen LogP contribution in [0.1, 0.15) is 16.1 Å². The SMILES string of the molecule is COC(=O)c1ccc(OCC(=O)NCc2ccco2)cc1. The molecule has 1 aromatic heterocycles. The van der Waals surface area contributed by atoms with Crippen LogP contribution in [0.3, 0.4) is 0 Å². The predicted octanol–water partition coefficient (Wildman–Crippen LogP) is 1.76. The summed E-state index contributed by atoms with van der Waals surface area (Å²) in [4.78, 5) is 22.8. The lowest BCUT2D eigenvalue weighted by Crippen LogP contribution is -2.28. The monoisotopic (exact) mass is 289 g/mol. The fraction of sp³-hybridized carbons (Fsp3) is 0.200. The van der Waals surface area contributed by atoms with E-state index in [1.165, 1.54) is 7.11 Å². The van der Waals surface area contributed by atoms with Crippen molar-refractivity contribution in [3.8, 4) is 5.75 Å². The number of furan rings is 1. The van der Waals surface area contributed by atoms with Crippen molar-refractivity contribution >= 4 is 11.9 Å². The highest BCUT2D eigenvalue weighted by molar-refractivity contribution is 5.89. The Balaban J connectivity index is 1.77. The Morgan fingerprint density at radius 3 is 2.57 bits per heavy atom. The lowest BCUT2D eigenvalue weighted by atomic mass is 10.2. The number of hydrogen-bond donors (Lipinski definition) is 1. The van der Waals surface area contributed by atoms with Crippen LogP contribution in [0.25, 0.3) is 0 Å². The second-order valence-electron chi connectivity index (χ2n) is 4.16. The van der Waals surface area contributed by atoms with Gasteiger partial charge in [-0.15, -0.1) is 0 Å². The first-order valence-corrected chi connectivity index (χ1v) is 6.29. The topological polar surface area (TPSA) is 77.8 Å². The van der Waals surface area contributed by atoms with E-state index in [4.69, 9.17) is 9.15 Å².